The van der Waals surface area contributed by atoms with Crippen molar-refractivity contribution in [2.24, 2.45) is 0 Å². The summed E-state index contributed by atoms with van der Waals surface area (Å²) in [6.07, 6.45) is 0. The number of hydrogen-bond acceptors (Lipinski definition) is 0. The van der Waals surface area contributed by atoms with Crippen LogP contribution in [-0.2, 0) is 0 Å². The Bertz CT molecular complexity index is 461. The molecule has 0 amide bonds. The zero-order chi connectivity index (χ0) is 10.1. The van der Waals surface area contributed by atoms with Gasteiger partial charge in [-0.15, -0.1) is 11.6 Å². The van der Waals surface area contributed by atoms with Gasteiger partial charge in [0.2, 0.25) is 0 Å². The van der Waals surface area contributed by atoms with E-state index in [1.165, 1.54) is 5.39 Å². The molecule has 0 heterocycles. The lowest BCUT2D eigenvalue weighted by Gasteiger charge is -2.08. The van der Waals surface area contributed by atoms with Gasteiger partial charge >= 0.3 is 0 Å². The Morgan fingerprint density at radius 1 is 1.14 bits per heavy atom. The molecule has 0 fully saturated rings. The average molecular weight is 225 g/mol. The predicted molar refractivity (Wildman–Crippen MR) is 63.2 cm³/mol. The Hall–Kier alpha value is -0.720. The van der Waals surface area contributed by atoms with Crippen LogP contribution in [0.2, 0.25) is 5.02 Å². The first-order valence-electron chi connectivity index (χ1n) is 4.51. The van der Waals surface area contributed by atoms with E-state index >= 15 is 0 Å². The maximum absolute atomic E-state index is 6.10. The van der Waals surface area contributed by atoms with E-state index in [0.717, 1.165) is 16.0 Å². The summed E-state index contributed by atoms with van der Waals surface area (Å²) in [5, 5.41) is 3.05. The van der Waals surface area contributed by atoms with E-state index in [0.29, 0.717) is 0 Å². The van der Waals surface area contributed by atoms with Gasteiger partial charge in [-0.2, -0.15) is 0 Å². The second-order valence-electron chi connectivity index (χ2n) is 3.33. The van der Waals surface area contributed by atoms with Crippen molar-refractivity contribution >= 4 is 34.0 Å². The van der Waals surface area contributed by atoms with Crippen molar-refractivity contribution in [2.75, 3.05) is 0 Å². The summed E-state index contributed by atoms with van der Waals surface area (Å²) in [6, 6.07) is 12.0. The Morgan fingerprint density at radius 2 is 1.86 bits per heavy atom. The van der Waals surface area contributed by atoms with Crippen molar-refractivity contribution < 1.29 is 0 Å². The molecule has 14 heavy (non-hydrogen) atoms. The summed E-state index contributed by atoms with van der Waals surface area (Å²) < 4.78 is 0. The highest BCUT2D eigenvalue weighted by Gasteiger charge is 2.07. The first-order valence-corrected chi connectivity index (χ1v) is 5.32. The number of fused-ring (bicyclic) bond motifs is 1. The fourth-order valence-electron chi connectivity index (χ4n) is 1.63. The van der Waals surface area contributed by atoms with Crippen LogP contribution in [0.15, 0.2) is 36.4 Å². The minimum atomic E-state index is -0.0152. The molecule has 2 aromatic rings. The summed E-state index contributed by atoms with van der Waals surface area (Å²) in [6.45, 7) is 1.96. The van der Waals surface area contributed by atoms with Crippen LogP contribution >= 0.6 is 23.2 Å². The van der Waals surface area contributed by atoms with Crippen LogP contribution in [0.3, 0.4) is 0 Å². The Labute approximate surface area is 93.4 Å². The van der Waals surface area contributed by atoms with E-state index in [2.05, 4.69) is 6.07 Å². The van der Waals surface area contributed by atoms with Crippen molar-refractivity contribution in [3.8, 4) is 0 Å². The number of benzene rings is 2. The van der Waals surface area contributed by atoms with E-state index in [-0.39, 0.29) is 5.38 Å². The molecular weight excluding hydrogens is 215 g/mol. The van der Waals surface area contributed by atoms with Crippen molar-refractivity contribution in [3.05, 3.63) is 47.0 Å². The maximum Gasteiger partial charge on any atom is 0.0563 e. The third-order valence-corrected chi connectivity index (χ3v) is 2.74. The van der Waals surface area contributed by atoms with E-state index < -0.39 is 0 Å². The first kappa shape index (κ1) is 9.82. The standard InChI is InChI=1S/C12H10Cl2/c1-8(13)12-7-10(14)6-9-4-2-3-5-11(9)12/h2-8H,1H3. The summed E-state index contributed by atoms with van der Waals surface area (Å²) >= 11 is 12.1. The molecule has 2 heteroatoms. The van der Waals surface area contributed by atoms with E-state index in [9.17, 15) is 0 Å². The van der Waals surface area contributed by atoms with Gasteiger partial charge in [-0.1, -0.05) is 35.9 Å². The molecule has 1 atom stereocenters. The van der Waals surface area contributed by atoms with Gasteiger partial charge in [0.05, 0.1) is 5.38 Å². The third kappa shape index (κ3) is 1.73. The van der Waals surface area contributed by atoms with Gasteiger partial charge in [0.1, 0.15) is 0 Å². The molecule has 0 bridgehead atoms. The lowest BCUT2D eigenvalue weighted by Crippen LogP contribution is -1.87. The zero-order valence-electron chi connectivity index (χ0n) is 7.80. The Morgan fingerprint density at radius 3 is 2.57 bits per heavy atom. The van der Waals surface area contributed by atoms with Crippen molar-refractivity contribution in [3.63, 3.8) is 0 Å². The molecule has 0 aliphatic carbocycles. The molecule has 0 spiro atoms. The second-order valence-corrected chi connectivity index (χ2v) is 4.42. The van der Waals surface area contributed by atoms with Gasteiger partial charge in [0, 0.05) is 5.02 Å². The maximum atomic E-state index is 6.10. The van der Waals surface area contributed by atoms with Gasteiger partial charge < -0.3 is 0 Å². The van der Waals surface area contributed by atoms with Gasteiger partial charge in [-0.3, -0.25) is 0 Å². The van der Waals surface area contributed by atoms with Gasteiger partial charge in [0.25, 0.3) is 0 Å². The average Bonchev–Trinajstić information content (AvgIpc) is 2.16. The molecule has 72 valence electrons. The number of hydrogen-bond donors (Lipinski definition) is 0. The summed E-state index contributed by atoms with van der Waals surface area (Å²) in [5.41, 5.74) is 1.09. The predicted octanol–water partition coefficient (Wildman–Crippen LogP) is 4.79. The monoisotopic (exact) mass is 224 g/mol. The molecule has 0 aliphatic rings. The lowest BCUT2D eigenvalue weighted by molar-refractivity contribution is 1.10. The summed E-state index contributed by atoms with van der Waals surface area (Å²) in [5.74, 6) is 0. The zero-order valence-corrected chi connectivity index (χ0v) is 9.31. The minimum Gasteiger partial charge on any atom is -0.118 e. The molecule has 0 aromatic heterocycles. The number of rotatable bonds is 1. The van der Waals surface area contributed by atoms with Crippen LogP contribution in [0.5, 0.6) is 0 Å². The molecule has 0 aliphatic heterocycles. The molecular formula is C12H10Cl2. The van der Waals surface area contributed by atoms with Crippen LogP contribution in [0.25, 0.3) is 10.8 Å². The second kappa shape index (κ2) is 3.80. The largest absolute Gasteiger partial charge is 0.118 e. The molecule has 0 saturated heterocycles. The molecule has 0 radical (unpaired) electrons. The quantitative estimate of drug-likeness (QED) is 0.612. The van der Waals surface area contributed by atoms with E-state index in [1.54, 1.807) is 0 Å². The van der Waals surface area contributed by atoms with Gasteiger partial charge in [0.15, 0.2) is 0 Å². The highest BCUT2D eigenvalue weighted by atomic mass is 35.5. The fraction of sp³-hybridized carbons (Fsp3) is 0.167. The van der Waals surface area contributed by atoms with Crippen molar-refractivity contribution in [1.82, 2.24) is 0 Å². The van der Waals surface area contributed by atoms with Crippen molar-refractivity contribution in [1.29, 1.82) is 0 Å². The minimum absolute atomic E-state index is 0.0152. The first-order chi connectivity index (χ1) is 6.68. The van der Waals surface area contributed by atoms with Crippen molar-refractivity contribution in [2.45, 2.75) is 12.3 Å². The third-order valence-electron chi connectivity index (χ3n) is 2.29. The van der Waals surface area contributed by atoms with Crippen LogP contribution in [0, 0.1) is 0 Å². The topological polar surface area (TPSA) is 0 Å². The van der Waals surface area contributed by atoms with Crippen LogP contribution in [0.4, 0.5) is 0 Å². The van der Waals surface area contributed by atoms with Crippen LogP contribution in [-0.4, -0.2) is 0 Å². The van der Waals surface area contributed by atoms with E-state index in [4.69, 9.17) is 23.2 Å². The highest BCUT2D eigenvalue weighted by molar-refractivity contribution is 6.31. The van der Waals surface area contributed by atoms with Crippen LogP contribution < -0.4 is 0 Å². The number of alkyl halides is 1. The molecule has 1 unspecified atom stereocenters. The number of halogens is 2. The van der Waals surface area contributed by atoms with E-state index in [1.807, 2.05) is 37.3 Å². The summed E-state index contributed by atoms with van der Waals surface area (Å²) in [7, 11) is 0. The molecule has 2 rings (SSSR count). The Kier molecular flexibility index (Phi) is 2.66. The molecule has 0 nitrogen and oxygen atoms in total. The van der Waals surface area contributed by atoms with Crippen LogP contribution in [0.1, 0.15) is 17.9 Å². The highest BCUT2D eigenvalue weighted by Crippen LogP contribution is 2.30. The molecule has 2 aromatic carbocycles. The normalized spacial score (nSPS) is 13.1. The van der Waals surface area contributed by atoms with Gasteiger partial charge in [-0.05, 0) is 35.4 Å². The smallest absolute Gasteiger partial charge is 0.0563 e. The lowest BCUT2D eigenvalue weighted by atomic mass is 10.0. The van der Waals surface area contributed by atoms with Gasteiger partial charge in [-0.25, -0.2) is 0 Å². The fourth-order valence-corrected chi connectivity index (χ4v) is 2.05. The summed E-state index contributed by atoms with van der Waals surface area (Å²) in [4.78, 5) is 0. The molecule has 0 N–H and O–H groups in total. The SMILES string of the molecule is CC(Cl)c1cc(Cl)cc2ccccc12. The Balaban J connectivity index is 2.80. The molecule has 0 saturated carbocycles.